The number of para-hydroxylation sites is 1. The summed E-state index contributed by atoms with van der Waals surface area (Å²) in [5.41, 5.74) is 0.595. The van der Waals surface area contributed by atoms with Crippen molar-refractivity contribution >= 4 is 16.7 Å². The molecule has 0 unspecified atom stereocenters. The molecular formula is C17H16FN3O. The Hall–Kier alpha value is -2.69. The zero-order valence-corrected chi connectivity index (χ0v) is 12.0. The van der Waals surface area contributed by atoms with E-state index >= 15 is 0 Å². The first kappa shape index (κ1) is 14.3. The van der Waals surface area contributed by atoms with E-state index in [0.29, 0.717) is 29.9 Å². The normalized spacial score (nSPS) is 10.6. The summed E-state index contributed by atoms with van der Waals surface area (Å²) in [5.74, 6) is 1.05. The van der Waals surface area contributed by atoms with Crippen LogP contribution in [0.5, 0.6) is 5.75 Å². The molecule has 0 radical (unpaired) electrons. The van der Waals surface area contributed by atoms with Gasteiger partial charge in [0.25, 0.3) is 0 Å². The Kier molecular flexibility index (Phi) is 4.44. The van der Waals surface area contributed by atoms with Crippen LogP contribution in [0.3, 0.4) is 0 Å². The Morgan fingerprint density at radius 1 is 1.00 bits per heavy atom. The highest BCUT2D eigenvalue weighted by atomic mass is 19.1. The number of hydrogen-bond acceptors (Lipinski definition) is 4. The van der Waals surface area contributed by atoms with Crippen molar-refractivity contribution in [2.45, 2.75) is 6.42 Å². The van der Waals surface area contributed by atoms with Crippen LogP contribution >= 0.6 is 0 Å². The van der Waals surface area contributed by atoms with Crippen molar-refractivity contribution in [3.63, 3.8) is 0 Å². The van der Waals surface area contributed by atoms with Crippen LogP contribution in [0, 0.1) is 5.82 Å². The number of rotatable bonds is 6. The topological polar surface area (TPSA) is 47.0 Å². The molecule has 1 N–H and O–H groups in total. The summed E-state index contributed by atoms with van der Waals surface area (Å²) in [6, 6.07) is 14.5. The van der Waals surface area contributed by atoms with Gasteiger partial charge in [0.2, 0.25) is 0 Å². The summed E-state index contributed by atoms with van der Waals surface area (Å²) >= 11 is 0. The van der Waals surface area contributed by atoms with E-state index in [9.17, 15) is 4.39 Å². The van der Waals surface area contributed by atoms with Gasteiger partial charge in [0.15, 0.2) is 0 Å². The lowest BCUT2D eigenvalue weighted by molar-refractivity contribution is 0.315. The summed E-state index contributed by atoms with van der Waals surface area (Å²) in [6.45, 7) is 1.23. The van der Waals surface area contributed by atoms with Crippen molar-refractivity contribution in [1.82, 2.24) is 9.97 Å². The molecule has 3 rings (SSSR count). The van der Waals surface area contributed by atoms with Gasteiger partial charge in [-0.2, -0.15) is 0 Å². The third kappa shape index (κ3) is 3.31. The first-order valence-corrected chi connectivity index (χ1v) is 7.15. The Morgan fingerprint density at radius 3 is 2.73 bits per heavy atom. The molecule has 0 aliphatic carbocycles. The molecule has 112 valence electrons. The standard InChI is InChI=1S/C17H16FN3O/c18-14-8-4-9-15-16(14)17(21-12-20-15)19-10-5-11-22-13-6-2-1-3-7-13/h1-4,6-9,12H,5,10-11H2,(H,19,20,21). The molecule has 1 aromatic heterocycles. The van der Waals surface area contributed by atoms with Crippen LogP contribution in [-0.2, 0) is 0 Å². The quantitative estimate of drug-likeness (QED) is 0.705. The number of benzene rings is 2. The second-order valence-electron chi connectivity index (χ2n) is 4.80. The third-order valence-electron chi connectivity index (χ3n) is 3.24. The van der Waals surface area contributed by atoms with E-state index in [1.165, 1.54) is 12.4 Å². The van der Waals surface area contributed by atoms with Gasteiger partial charge in [-0.15, -0.1) is 0 Å². The molecule has 0 aliphatic rings. The molecule has 0 amide bonds. The molecule has 0 spiro atoms. The minimum atomic E-state index is -0.318. The van der Waals surface area contributed by atoms with Gasteiger partial charge in [-0.25, -0.2) is 14.4 Å². The number of anilines is 1. The molecule has 0 bridgehead atoms. The molecule has 0 aliphatic heterocycles. The van der Waals surface area contributed by atoms with E-state index < -0.39 is 0 Å². The SMILES string of the molecule is Fc1cccc2ncnc(NCCCOc3ccccc3)c12. The predicted octanol–water partition coefficient (Wildman–Crippen LogP) is 3.65. The minimum Gasteiger partial charge on any atom is -0.494 e. The summed E-state index contributed by atoms with van der Waals surface area (Å²) in [6.07, 6.45) is 2.22. The molecule has 0 fully saturated rings. The molecule has 1 heterocycles. The Bertz CT molecular complexity index is 744. The average molecular weight is 297 g/mol. The van der Waals surface area contributed by atoms with Crippen LogP contribution < -0.4 is 10.1 Å². The largest absolute Gasteiger partial charge is 0.494 e. The van der Waals surface area contributed by atoms with E-state index in [1.54, 1.807) is 12.1 Å². The first-order valence-electron chi connectivity index (χ1n) is 7.15. The fraction of sp³-hybridized carbons (Fsp3) is 0.176. The Morgan fingerprint density at radius 2 is 1.86 bits per heavy atom. The summed E-state index contributed by atoms with van der Waals surface area (Å²) < 4.78 is 19.5. The van der Waals surface area contributed by atoms with Crippen LogP contribution in [-0.4, -0.2) is 23.1 Å². The summed E-state index contributed by atoms with van der Waals surface area (Å²) in [4.78, 5) is 8.19. The predicted molar refractivity (Wildman–Crippen MR) is 84.5 cm³/mol. The van der Waals surface area contributed by atoms with E-state index in [-0.39, 0.29) is 5.82 Å². The van der Waals surface area contributed by atoms with Crippen molar-refractivity contribution in [3.05, 3.63) is 60.7 Å². The lowest BCUT2D eigenvalue weighted by atomic mass is 10.2. The second-order valence-corrected chi connectivity index (χ2v) is 4.80. The highest BCUT2D eigenvalue weighted by Crippen LogP contribution is 2.22. The number of fused-ring (bicyclic) bond motifs is 1. The number of ether oxygens (including phenoxy) is 1. The lowest BCUT2D eigenvalue weighted by Crippen LogP contribution is -2.09. The molecule has 0 atom stereocenters. The smallest absolute Gasteiger partial charge is 0.140 e. The van der Waals surface area contributed by atoms with Crippen molar-refractivity contribution in [1.29, 1.82) is 0 Å². The monoisotopic (exact) mass is 297 g/mol. The van der Waals surface area contributed by atoms with Crippen LogP contribution in [0.4, 0.5) is 10.2 Å². The molecule has 0 saturated heterocycles. The number of aromatic nitrogens is 2. The van der Waals surface area contributed by atoms with E-state index in [1.807, 2.05) is 30.3 Å². The van der Waals surface area contributed by atoms with Gasteiger partial charge in [0.05, 0.1) is 17.5 Å². The highest BCUT2D eigenvalue weighted by molar-refractivity contribution is 5.89. The zero-order valence-electron chi connectivity index (χ0n) is 12.0. The molecule has 4 nitrogen and oxygen atoms in total. The number of nitrogens with one attached hydrogen (secondary N) is 1. The Labute approximate surface area is 128 Å². The van der Waals surface area contributed by atoms with Crippen LogP contribution in [0.15, 0.2) is 54.9 Å². The van der Waals surface area contributed by atoms with E-state index in [0.717, 1.165) is 12.2 Å². The van der Waals surface area contributed by atoms with E-state index in [2.05, 4.69) is 15.3 Å². The molecule has 5 heteroatoms. The first-order chi connectivity index (χ1) is 10.8. The maximum absolute atomic E-state index is 13.9. The number of nitrogens with zero attached hydrogens (tertiary/aromatic N) is 2. The van der Waals surface area contributed by atoms with Crippen molar-refractivity contribution < 1.29 is 9.13 Å². The molecule has 22 heavy (non-hydrogen) atoms. The van der Waals surface area contributed by atoms with E-state index in [4.69, 9.17) is 4.74 Å². The fourth-order valence-corrected chi connectivity index (χ4v) is 2.19. The average Bonchev–Trinajstić information content (AvgIpc) is 2.56. The lowest BCUT2D eigenvalue weighted by Gasteiger charge is -2.09. The minimum absolute atomic E-state index is 0.318. The molecule has 2 aromatic carbocycles. The number of hydrogen-bond donors (Lipinski definition) is 1. The second kappa shape index (κ2) is 6.85. The zero-order chi connectivity index (χ0) is 15.2. The number of halogens is 1. The van der Waals surface area contributed by atoms with Gasteiger partial charge in [-0.1, -0.05) is 24.3 Å². The third-order valence-corrected chi connectivity index (χ3v) is 3.24. The van der Waals surface area contributed by atoms with Gasteiger partial charge >= 0.3 is 0 Å². The van der Waals surface area contributed by atoms with Crippen molar-refractivity contribution in [3.8, 4) is 5.75 Å². The van der Waals surface area contributed by atoms with Crippen LogP contribution in [0.2, 0.25) is 0 Å². The van der Waals surface area contributed by atoms with Crippen molar-refractivity contribution in [2.75, 3.05) is 18.5 Å². The highest BCUT2D eigenvalue weighted by Gasteiger charge is 2.07. The van der Waals surface area contributed by atoms with Gasteiger partial charge in [-0.3, -0.25) is 0 Å². The van der Waals surface area contributed by atoms with Crippen LogP contribution in [0.1, 0.15) is 6.42 Å². The van der Waals surface area contributed by atoms with Gasteiger partial charge in [0.1, 0.15) is 23.7 Å². The van der Waals surface area contributed by atoms with Crippen LogP contribution in [0.25, 0.3) is 10.9 Å². The molecule has 3 aromatic rings. The maximum atomic E-state index is 13.9. The van der Waals surface area contributed by atoms with Gasteiger partial charge in [-0.05, 0) is 30.7 Å². The molecule has 0 saturated carbocycles. The molecular weight excluding hydrogens is 281 g/mol. The summed E-state index contributed by atoms with van der Waals surface area (Å²) in [5, 5.41) is 3.57. The van der Waals surface area contributed by atoms with Crippen molar-refractivity contribution in [2.24, 2.45) is 0 Å². The fourth-order valence-electron chi connectivity index (χ4n) is 2.19. The van der Waals surface area contributed by atoms with Gasteiger partial charge in [0, 0.05) is 6.54 Å². The Balaban J connectivity index is 1.56. The summed E-state index contributed by atoms with van der Waals surface area (Å²) in [7, 11) is 0. The van der Waals surface area contributed by atoms with Gasteiger partial charge < -0.3 is 10.1 Å². The maximum Gasteiger partial charge on any atom is 0.140 e.